The summed E-state index contributed by atoms with van der Waals surface area (Å²) in [5, 5.41) is 4.23. The summed E-state index contributed by atoms with van der Waals surface area (Å²) in [6.07, 6.45) is 0. The van der Waals surface area contributed by atoms with E-state index in [0.717, 1.165) is 66.5 Å². The minimum Gasteiger partial charge on any atom is -0.455 e. The van der Waals surface area contributed by atoms with E-state index >= 15 is 0 Å². The van der Waals surface area contributed by atoms with Crippen molar-refractivity contribution in [1.29, 1.82) is 0 Å². The van der Waals surface area contributed by atoms with Crippen molar-refractivity contribution in [2.75, 3.05) is 4.90 Å². The van der Waals surface area contributed by atoms with Crippen LogP contribution in [0.25, 0.3) is 77.3 Å². The molecule has 2 aliphatic rings. The van der Waals surface area contributed by atoms with E-state index < -0.39 is 0 Å². The Labute approximate surface area is 331 Å². The fourth-order valence-electron chi connectivity index (χ4n) is 10.4. The molecule has 3 heteroatoms. The number of fused-ring (bicyclic) bond motifs is 12. The second kappa shape index (κ2) is 11.4. The predicted octanol–water partition coefficient (Wildman–Crippen LogP) is 15.2. The molecule has 0 saturated carbocycles. The molecule has 272 valence electrons. The number of hydrogen-bond acceptors (Lipinski definition) is 3. The van der Waals surface area contributed by atoms with E-state index in [4.69, 9.17) is 8.83 Å². The van der Waals surface area contributed by atoms with E-state index in [1.165, 1.54) is 50.1 Å². The summed E-state index contributed by atoms with van der Waals surface area (Å²) in [6.45, 7) is 9.36. The van der Waals surface area contributed by atoms with E-state index in [1.807, 2.05) is 0 Å². The summed E-state index contributed by atoms with van der Waals surface area (Å²) in [4.78, 5) is 2.34. The molecule has 8 aromatic carbocycles. The van der Waals surface area contributed by atoms with Gasteiger partial charge in [-0.1, -0.05) is 149 Å². The summed E-state index contributed by atoms with van der Waals surface area (Å²) in [5.74, 6) is 0. The summed E-state index contributed by atoms with van der Waals surface area (Å²) in [6, 6.07) is 59.3. The zero-order valence-electron chi connectivity index (χ0n) is 32.4. The number of para-hydroxylation sites is 3. The molecule has 57 heavy (non-hydrogen) atoms. The molecule has 10 aromatic rings. The first kappa shape index (κ1) is 32.4. The standard InChI is InChI=1S/C54H39NO2/c1-53(2)44-24-10-8-17-34(44)36-28-27-33(29-46(36)53)55(32-15-6-5-7-16-32)47-26-14-23-41-43-31-48-42(30-49(43)57-52(41)47)40-22-13-21-39(51(40)56-48)38-20-12-19-37-35-18-9-11-25-45(35)54(3,4)50(37)38/h5-31H,1-4H3. The Morgan fingerprint density at radius 2 is 0.895 bits per heavy atom. The summed E-state index contributed by atoms with van der Waals surface area (Å²) < 4.78 is 13.9. The third kappa shape index (κ3) is 4.37. The van der Waals surface area contributed by atoms with Crippen molar-refractivity contribution in [2.24, 2.45) is 0 Å². The highest BCUT2D eigenvalue weighted by atomic mass is 16.3. The second-order valence-electron chi connectivity index (χ2n) is 16.9. The lowest BCUT2D eigenvalue weighted by atomic mass is 9.78. The molecule has 0 saturated heterocycles. The first-order valence-electron chi connectivity index (χ1n) is 19.9. The highest BCUT2D eigenvalue weighted by Gasteiger charge is 2.38. The van der Waals surface area contributed by atoms with Gasteiger partial charge in [-0.25, -0.2) is 0 Å². The minimum absolute atomic E-state index is 0.117. The van der Waals surface area contributed by atoms with Crippen LogP contribution < -0.4 is 4.90 Å². The lowest BCUT2D eigenvalue weighted by molar-refractivity contribution is 0.658. The van der Waals surface area contributed by atoms with Crippen molar-refractivity contribution in [3.63, 3.8) is 0 Å². The van der Waals surface area contributed by atoms with E-state index in [9.17, 15) is 0 Å². The van der Waals surface area contributed by atoms with E-state index in [-0.39, 0.29) is 10.8 Å². The Morgan fingerprint density at radius 3 is 1.63 bits per heavy atom. The number of benzene rings is 8. The lowest BCUT2D eigenvalue weighted by Gasteiger charge is -2.28. The molecule has 2 heterocycles. The number of hydrogen-bond donors (Lipinski definition) is 0. The van der Waals surface area contributed by atoms with Gasteiger partial charge in [0.2, 0.25) is 0 Å². The van der Waals surface area contributed by atoms with Gasteiger partial charge < -0.3 is 13.7 Å². The molecule has 0 amide bonds. The van der Waals surface area contributed by atoms with Crippen LogP contribution in [0.2, 0.25) is 0 Å². The van der Waals surface area contributed by atoms with E-state index in [2.05, 4.69) is 196 Å². The monoisotopic (exact) mass is 733 g/mol. The molecular weight excluding hydrogens is 695 g/mol. The Balaban J connectivity index is 1.03. The first-order chi connectivity index (χ1) is 27.8. The largest absolute Gasteiger partial charge is 0.455 e. The van der Waals surface area contributed by atoms with Crippen LogP contribution in [0.4, 0.5) is 17.1 Å². The van der Waals surface area contributed by atoms with E-state index in [1.54, 1.807) is 0 Å². The minimum atomic E-state index is -0.137. The van der Waals surface area contributed by atoms with Crippen molar-refractivity contribution in [3.8, 4) is 33.4 Å². The van der Waals surface area contributed by atoms with Crippen molar-refractivity contribution < 1.29 is 8.83 Å². The van der Waals surface area contributed by atoms with Crippen LogP contribution in [0, 0.1) is 0 Å². The molecular formula is C54H39NO2. The molecule has 0 atom stereocenters. The third-order valence-corrected chi connectivity index (χ3v) is 13.0. The molecule has 0 bridgehead atoms. The maximum atomic E-state index is 6.97. The van der Waals surface area contributed by atoms with Crippen LogP contribution in [-0.4, -0.2) is 0 Å². The van der Waals surface area contributed by atoms with Crippen molar-refractivity contribution in [3.05, 3.63) is 186 Å². The van der Waals surface area contributed by atoms with Gasteiger partial charge in [-0.2, -0.15) is 0 Å². The zero-order valence-corrected chi connectivity index (χ0v) is 32.4. The number of furan rings is 2. The van der Waals surface area contributed by atoms with Gasteiger partial charge in [-0.15, -0.1) is 0 Å². The summed E-state index contributed by atoms with van der Waals surface area (Å²) in [5.41, 5.74) is 19.4. The molecule has 0 unspecified atom stereocenters. The van der Waals surface area contributed by atoms with Crippen LogP contribution in [0.5, 0.6) is 0 Å². The molecule has 3 nitrogen and oxygen atoms in total. The maximum absolute atomic E-state index is 6.97. The normalized spacial score (nSPS) is 14.6. The molecule has 0 radical (unpaired) electrons. The first-order valence-corrected chi connectivity index (χ1v) is 19.9. The zero-order chi connectivity index (χ0) is 38.2. The molecule has 12 rings (SSSR count). The molecule has 0 N–H and O–H groups in total. The van der Waals surface area contributed by atoms with Gasteiger partial charge in [-0.05, 0) is 92.5 Å². The topological polar surface area (TPSA) is 29.5 Å². The Morgan fingerprint density at radius 1 is 0.368 bits per heavy atom. The van der Waals surface area contributed by atoms with Crippen LogP contribution in [0.15, 0.2) is 173 Å². The predicted molar refractivity (Wildman–Crippen MR) is 236 cm³/mol. The molecule has 0 fully saturated rings. The van der Waals surface area contributed by atoms with Crippen LogP contribution >= 0.6 is 0 Å². The SMILES string of the molecule is CC1(C)c2ccccc2-c2ccc(N(c3ccccc3)c3cccc4c3oc3cc5c(cc34)oc3c(-c4cccc6c4C(C)(C)c4ccccc4-6)cccc35)cc21. The van der Waals surface area contributed by atoms with Gasteiger partial charge in [0.05, 0.1) is 5.69 Å². The Kier molecular flexibility index (Phi) is 6.46. The number of rotatable bonds is 4. The molecule has 0 spiro atoms. The van der Waals surface area contributed by atoms with Gasteiger partial charge in [0.1, 0.15) is 16.7 Å². The van der Waals surface area contributed by atoms with E-state index in [0.29, 0.717) is 0 Å². The fraction of sp³-hybridized carbons (Fsp3) is 0.111. The average molecular weight is 734 g/mol. The van der Waals surface area contributed by atoms with Crippen molar-refractivity contribution in [2.45, 2.75) is 38.5 Å². The third-order valence-electron chi connectivity index (χ3n) is 13.0. The second-order valence-corrected chi connectivity index (χ2v) is 16.9. The van der Waals surface area contributed by atoms with Gasteiger partial charge in [0.15, 0.2) is 5.58 Å². The maximum Gasteiger partial charge on any atom is 0.159 e. The van der Waals surface area contributed by atoms with Crippen LogP contribution in [0.1, 0.15) is 49.9 Å². The highest BCUT2D eigenvalue weighted by molar-refractivity contribution is 6.18. The fourth-order valence-corrected chi connectivity index (χ4v) is 10.4. The highest BCUT2D eigenvalue weighted by Crippen LogP contribution is 2.54. The molecule has 2 aliphatic carbocycles. The van der Waals surface area contributed by atoms with Crippen molar-refractivity contribution in [1.82, 2.24) is 0 Å². The average Bonchev–Trinajstić information content (AvgIpc) is 3.93. The van der Waals surface area contributed by atoms with Gasteiger partial charge >= 0.3 is 0 Å². The number of anilines is 3. The Hall–Kier alpha value is -6.84. The summed E-state index contributed by atoms with van der Waals surface area (Å²) >= 11 is 0. The van der Waals surface area contributed by atoms with Crippen molar-refractivity contribution >= 4 is 60.9 Å². The van der Waals surface area contributed by atoms with Crippen LogP contribution in [0.3, 0.4) is 0 Å². The number of nitrogens with zero attached hydrogens (tertiary/aromatic N) is 1. The Bertz CT molecular complexity index is 3300. The van der Waals surface area contributed by atoms with Gasteiger partial charge in [0, 0.05) is 49.3 Å². The van der Waals surface area contributed by atoms with Gasteiger partial charge in [0.25, 0.3) is 0 Å². The lowest BCUT2D eigenvalue weighted by Crippen LogP contribution is -2.16. The molecule has 0 aliphatic heterocycles. The smallest absolute Gasteiger partial charge is 0.159 e. The quantitative estimate of drug-likeness (QED) is 0.180. The summed E-state index contributed by atoms with van der Waals surface area (Å²) in [7, 11) is 0. The van der Waals surface area contributed by atoms with Crippen LogP contribution in [-0.2, 0) is 10.8 Å². The van der Waals surface area contributed by atoms with Gasteiger partial charge in [-0.3, -0.25) is 0 Å². The molecule has 2 aromatic heterocycles.